The Morgan fingerprint density at radius 3 is 2.83 bits per heavy atom. The summed E-state index contributed by atoms with van der Waals surface area (Å²) in [7, 11) is 0. The molecular weight excluding hydrogens is 473 g/mol. The Morgan fingerprint density at radius 2 is 2.11 bits per heavy atom. The van der Waals surface area contributed by atoms with Crippen molar-refractivity contribution in [3.63, 3.8) is 0 Å². The zero-order chi connectivity index (χ0) is 24.7. The second-order valence-electron chi connectivity index (χ2n) is 9.50. The minimum absolute atomic E-state index is 0.0824. The molecule has 1 aromatic rings. The number of benzene rings is 1. The van der Waals surface area contributed by atoms with Gasteiger partial charge in [-0.2, -0.15) is 0 Å². The number of nitrogens with one attached hydrogen (secondary N) is 3. The van der Waals surface area contributed by atoms with Crippen LogP contribution in [0.1, 0.15) is 43.5 Å². The second kappa shape index (κ2) is 9.72. The molecule has 0 spiro atoms. The first-order valence-electron chi connectivity index (χ1n) is 11.9. The van der Waals surface area contributed by atoms with E-state index in [9.17, 15) is 9.18 Å². The summed E-state index contributed by atoms with van der Waals surface area (Å²) in [5, 5.41) is 15.7. The summed E-state index contributed by atoms with van der Waals surface area (Å²) >= 11 is 6.22. The highest BCUT2D eigenvalue weighted by molar-refractivity contribution is 6.43. The number of hydrogen-bond donors (Lipinski definition) is 3. The normalized spacial score (nSPS) is 28.7. The number of hydrogen-bond acceptors (Lipinski definition) is 7. The number of carbonyl (C=O) groups excluding carboxylic acids is 1. The Hall–Kier alpha value is -2.75. The molecule has 1 atom stereocenters. The largest absolute Gasteiger partial charge is 0.489 e. The van der Waals surface area contributed by atoms with E-state index in [1.54, 1.807) is 11.8 Å². The molecule has 35 heavy (non-hydrogen) atoms. The minimum atomic E-state index is -0.457. The molecule has 1 unspecified atom stereocenters. The molecular formula is C25H29ClFN5O3. The van der Waals surface area contributed by atoms with Crippen LogP contribution in [0.3, 0.4) is 0 Å². The molecule has 4 aliphatic rings. The van der Waals surface area contributed by atoms with Gasteiger partial charge in [0.15, 0.2) is 0 Å². The van der Waals surface area contributed by atoms with Gasteiger partial charge in [-0.1, -0.05) is 11.6 Å². The quantitative estimate of drug-likeness (QED) is 0.575. The lowest BCUT2D eigenvalue weighted by atomic mass is 9.88. The number of halogens is 2. The van der Waals surface area contributed by atoms with Gasteiger partial charge in [-0.3, -0.25) is 4.79 Å². The third kappa shape index (κ3) is 4.98. The molecule has 5 rings (SSSR count). The summed E-state index contributed by atoms with van der Waals surface area (Å²) in [6.45, 7) is 5.53. The molecule has 10 heteroatoms. The van der Waals surface area contributed by atoms with Crippen LogP contribution in [-0.2, 0) is 4.74 Å². The summed E-state index contributed by atoms with van der Waals surface area (Å²) in [6.07, 6.45) is 2.52. The van der Waals surface area contributed by atoms with Crippen molar-refractivity contribution in [1.29, 1.82) is 5.41 Å². The molecule has 1 saturated carbocycles. The number of allylic oxidation sites excluding steroid dienone is 2. The molecule has 8 nitrogen and oxygen atoms in total. The zero-order valence-corrected chi connectivity index (χ0v) is 20.5. The monoisotopic (exact) mass is 501 g/mol. The maximum absolute atomic E-state index is 14.1. The van der Waals surface area contributed by atoms with E-state index < -0.39 is 5.82 Å². The molecule has 3 aliphatic heterocycles. The average molecular weight is 502 g/mol. The van der Waals surface area contributed by atoms with Gasteiger partial charge in [-0.25, -0.2) is 9.38 Å². The van der Waals surface area contributed by atoms with Gasteiger partial charge in [-0.05, 0) is 45.2 Å². The van der Waals surface area contributed by atoms with Crippen molar-refractivity contribution in [2.75, 3.05) is 26.3 Å². The van der Waals surface area contributed by atoms with Crippen molar-refractivity contribution in [3.05, 3.63) is 51.7 Å². The molecule has 1 amide bonds. The molecule has 186 valence electrons. The van der Waals surface area contributed by atoms with E-state index in [4.69, 9.17) is 26.5 Å². The first-order chi connectivity index (χ1) is 16.8. The van der Waals surface area contributed by atoms with E-state index in [1.807, 2.05) is 6.92 Å². The number of ether oxygens (including phenoxy) is 2. The van der Waals surface area contributed by atoms with Gasteiger partial charge < -0.3 is 30.4 Å². The Bertz CT molecular complexity index is 1150. The van der Waals surface area contributed by atoms with Crippen molar-refractivity contribution in [3.8, 4) is 5.75 Å². The Morgan fingerprint density at radius 1 is 1.31 bits per heavy atom. The van der Waals surface area contributed by atoms with E-state index in [-0.39, 0.29) is 30.9 Å². The fourth-order valence-corrected chi connectivity index (χ4v) is 4.89. The Kier molecular flexibility index (Phi) is 6.65. The fourth-order valence-electron chi connectivity index (χ4n) is 4.80. The number of rotatable bonds is 5. The molecule has 1 aliphatic carbocycles. The van der Waals surface area contributed by atoms with E-state index in [0.717, 1.165) is 38.2 Å². The van der Waals surface area contributed by atoms with Crippen LogP contribution >= 0.6 is 11.6 Å². The highest BCUT2D eigenvalue weighted by atomic mass is 35.5. The van der Waals surface area contributed by atoms with Crippen LogP contribution < -0.4 is 15.4 Å². The molecule has 2 saturated heterocycles. The van der Waals surface area contributed by atoms with Crippen LogP contribution in [0, 0.1) is 11.2 Å². The molecule has 0 radical (unpaired) electrons. The predicted molar refractivity (Wildman–Crippen MR) is 132 cm³/mol. The van der Waals surface area contributed by atoms with Crippen LogP contribution in [0.2, 0.25) is 0 Å². The molecule has 3 N–H and O–H groups in total. The first kappa shape index (κ1) is 24.0. The summed E-state index contributed by atoms with van der Waals surface area (Å²) in [5.74, 6) is 0.00620. The highest BCUT2D eigenvalue weighted by Gasteiger charge is 2.35. The summed E-state index contributed by atoms with van der Waals surface area (Å²) in [5.41, 5.74) is 2.64. The standard InChI is InChI=1S/C25H29ClFN5O3/c1-13-23(26)14(2)30-24(29-13)20-10-32(11-21(20)28)25(33)19-4-3-15(27)7-22(19)35-18-8-17(9-18)31-16-5-6-34-12-16/h3-4,7,16-18,28-29,31H,5-6,8-12H2,1-2H3/b24-20+,28-21?. The van der Waals surface area contributed by atoms with E-state index >= 15 is 0 Å². The van der Waals surface area contributed by atoms with Crippen molar-refractivity contribution in [2.24, 2.45) is 4.99 Å². The van der Waals surface area contributed by atoms with Gasteiger partial charge in [0.1, 0.15) is 23.5 Å². The average Bonchev–Trinajstić information content (AvgIpc) is 3.45. The van der Waals surface area contributed by atoms with Gasteiger partial charge >= 0.3 is 0 Å². The van der Waals surface area contributed by atoms with E-state index in [1.165, 1.54) is 18.2 Å². The second-order valence-corrected chi connectivity index (χ2v) is 9.88. The number of amides is 1. The number of carbonyl (C=O) groups is 1. The summed E-state index contributed by atoms with van der Waals surface area (Å²) < 4.78 is 25.5. The first-order valence-corrected chi connectivity index (χ1v) is 12.3. The van der Waals surface area contributed by atoms with E-state index in [2.05, 4.69) is 15.6 Å². The highest BCUT2D eigenvalue weighted by Crippen LogP contribution is 2.31. The summed E-state index contributed by atoms with van der Waals surface area (Å²) in [6, 6.07) is 4.71. The fraction of sp³-hybridized carbons (Fsp3) is 0.480. The van der Waals surface area contributed by atoms with Crippen LogP contribution in [0.25, 0.3) is 0 Å². The van der Waals surface area contributed by atoms with Crippen molar-refractivity contribution < 1.29 is 18.7 Å². The molecule has 1 aromatic carbocycles. The summed E-state index contributed by atoms with van der Waals surface area (Å²) in [4.78, 5) is 19.4. The van der Waals surface area contributed by atoms with Gasteiger partial charge in [-0.15, -0.1) is 0 Å². The van der Waals surface area contributed by atoms with Gasteiger partial charge in [0.25, 0.3) is 5.91 Å². The third-order valence-electron chi connectivity index (χ3n) is 6.83. The number of likely N-dealkylation sites (tertiary alicyclic amines) is 1. The molecule has 3 heterocycles. The van der Waals surface area contributed by atoms with Crippen molar-refractivity contribution >= 4 is 28.9 Å². The molecule has 3 fully saturated rings. The van der Waals surface area contributed by atoms with E-state index in [0.29, 0.717) is 45.5 Å². The van der Waals surface area contributed by atoms with Crippen molar-refractivity contribution in [1.82, 2.24) is 15.5 Å². The Labute approximate surface area is 208 Å². The third-order valence-corrected chi connectivity index (χ3v) is 7.39. The van der Waals surface area contributed by atoms with Crippen molar-refractivity contribution in [2.45, 2.75) is 51.3 Å². The maximum atomic E-state index is 14.1. The SMILES string of the molecule is CC1=N/C(=C2\CN(C(=O)c3ccc(F)cc3OC3CC(NC4CCOC4)C3)CC2=N)NC(C)=C1Cl. The lowest BCUT2D eigenvalue weighted by Crippen LogP contribution is -2.50. The number of nitrogens with zero attached hydrogens (tertiary/aromatic N) is 2. The minimum Gasteiger partial charge on any atom is -0.489 e. The topological polar surface area (TPSA) is 99.0 Å². The number of aliphatic imine (C=N–C) groups is 1. The predicted octanol–water partition coefficient (Wildman–Crippen LogP) is 3.34. The molecule has 0 bridgehead atoms. The smallest absolute Gasteiger partial charge is 0.258 e. The van der Waals surface area contributed by atoms with Gasteiger partial charge in [0.05, 0.1) is 41.7 Å². The van der Waals surface area contributed by atoms with Crippen LogP contribution in [0.15, 0.2) is 45.3 Å². The van der Waals surface area contributed by atoms with Gasteiger partial charge in [0, 0.05) is 36.0 Å². The lowest BCUT2D eigenvalue weighted by molar-refractivity contribution is 0.0708. The van der Waals surface area contributed by atoms with Crippen LogP contribution in [0.4, 0.5) is 4.39 Å². The van der Waals surface area contributed by atoms with Gasteiger partial charge in [0.2, 0.25) is 0 Å². The van der Waals surface area contributed by atoms with Crippen LogP contribution in [-0.4, -0.2) is 66.7 Å². The molecule has 0 aromatic heterocycles. The maximum Gasteiger partial charge on any atom is 0.258 e. The zero-order valence-electron chi connectivity index (χ0n) is 19.8. The lowest BCUT2D eigenvalue weighted by Gasteiger charge is -2.37. The van der Waals surface area contributed by atoms with Crippen LogP contribution in [0.5, 0.6) is 5.75 Å². The Balaban J connectivity index is 1.27.